The number of carbonyl (C=O) groups excluding carboxylic acids is 5. The summed E-state index contributed by atoms with van der Waals surface area (Å²) in [7, 11) is 0. The number of rotatable bonds is 41. The van der Waals surface area contributed by atoms with Gasteiger partial charge in [0.15, 0.2) is 24.1 Å². The predicted octanol–water partition coefficient (Wildman–Crippen LogP) is -6.80. The van der Waals surface area contributed by atoms with Crippen LogP contribution in [-0.4, -0.2) is 255 Å². The van der Waals surface area contributed by atoms with Crippen LogP contribution in [0.15, 0.2) is 33.7 Å². The van der Waals surface area contributed by atoms with Crippen LogP contribution in [0.25, 0.3) is 0 Å². The van der Waals surface area contributed by atoms with Gasteiger partial charge in [-0.05, 0) is 37.8 Å². The molecule has 18 N–H and O–H groups in total. The van der Waals surface area contributed by atoms with Crippen molar-refractivity contribution in [3.63, 3.8) is 0 Å². The smallest absolute Gasteiger partial charge is 0.370 e. The maximum atomic E-state index is 13.5. The van der Waals surface area contributed by atoms with E-state index in [4.69, 9.17) is 67.3 Å². The van der Waals surface area contributed by atoms with Crippen LogP contribution in [0.5, 0.6) is 0 Å². The van der Waals surface area contributed by atoms with Gasteiger partial charge in [-0.2, -0.15) is 0 Å². The highest BCUT2D eigenvalue weighted by Crippen LogP contribution is 2.28. The lowest BCUT2D eigenvalue weighted by Crippen LogP contribution is -2.60. The van der Waals surface area contributed by atoms with Crippen molar-refractivity contribution in [2.75, 3.05) is 105 Å². The van der Waals surface area contributed by atoms with Crippen molar-refractivity contribution in [2.45, 2.75) is 107 Å². The van der Waals surface area contributed by atoms with Crippen LogP contribution in [0.1, 0.15) is 46.0 Å². The Morgan fingerprint density at radius 2 is 1.04 bits per heavy atom. The molecule has 0 fully saturated rings. The molecule has 0 unspecified atom stereocenters. The van der Waals surface area contributed by atoms with Gasteiger partial charge in [-0.3, -0.25) is 24.0 Å². The number of aliphatic hydroxyl groups is 4. The minimum absolute atomic E-state index is 0.0124. The summed E-state index contributed by atoms with van der Waals surface area (Å²) in [5.41, 5.74) is 22.2. The van der Waals surface area contributed by atoms with Gasteiger partial charge in [-0.25, -0.2) is 19.6 Å². The number of guanidine groups is 2. The summed E-state index contributed by atoms with van der Waals surface area (Å²) < 4.78 is 44.1. The average Bonchev–Trinajstić information content (AvgIpc) is 3.42. The summed E-state index contributed by atoms with van der Waals surface area (Å²) in [4.78, 5) is 97.2. The molecule has 32 heteroatoms. The van der Waals surface area contributed by atoms with Crippen molar-refractivity contribution < 1.29 is 102 Å². The topological polar surface area (TPSA) is 495 Å². The molecule has 0 saturated heterocycles. The van der Waals surface area contributed by atoms with E-state index in [9.17, 15) is 64.2 Å². The largest absolute Gasteiger partial charge is 0.478 e. The Kier molecular flexibility index (Phi) is 33.4. The molecule has 0 bridgehead atoms. The lowest BCUT2D eigenvalue weighted by molar-refractivity contribution is -0.158. The number of amides is 5. The van der Waals surface area contributed by atoms with Crippen molar-refractivity contribution >= 4 is 53.4 Å². The second-order valence-corrected chi connectivity index (χ2v) is 17.8. The Hall–Kier alpha value is -6.93. The molecule has 2 heterocycles. The van der Waals surface area contributed by atoms with Gasteiger partial charge in [0.05, 0.1) is 90.1 Å². The first-order valence-corrected chi connectivity index (χ1v) is 25.5. The Morgan fingerprint density at radius 1 is 0.650 bits per heavy atom. The number of hydrogen-bond acceptors (Lipinski definition) is 21. The zero-order valence-electron chi connectivity index (χ0n) is 44.8. The summed E-state index contributed by atoms with van der Waals surface area (Å²) in [6.07, 6.45) is -0.983. The summed E-state index contributed by atoms with van der Waals surface area (Å²) in [6, 6.07) is -4.88. The number of nitrogens with zero attached hydrogens (tertiary/aromatic N) is 3. The van der Waals surface area contributed by atoms with E-state index in [1.54, 1.807) is 4.90 Å². The third-order valence-corrected chi connectivity index (χ3v) is 11.4. The SMILES string of the molecule is C#CCOCCOCCOCCOCCC(=O)N(CCCCNC(=O)CO[C@@H]([C@@H]1OC(C(=O)O)=C[C@H](N=C(N)N)[C@H]1NC(C)=O)[C@H](O)CO)CCCCNC(=O)CO[C@@H]([C@@H]1OC(C(=O)O)=C[C@H](N=C(N)N)[C@H]1NC(C)=O)[C@H](O)CO. The Balaban J connectivity index is 2.04. The van der Waals surface area contributed by atoms with Crippen molar-refractivity contribution in [3.8, 4) is 12.3 Å². The van der Waals surface area contributed by atoms with Crippen molar-refractivity contribution in [2.24, 2.45) is 32.9 Å². The number of unbranched alkanes of at least 4 members (excludes halogenated alkanes) is 2. The van der Waals surface area contributed by atoms with Crippen LogP contribution in [0.3, 0.4) is 0 Å². The zero-order chi connectivity index (χ0) is 59.6. The highest BCUT2D eigenvalue weighted by atomic mass is 16.6. The first-order chi connectivity index (χ1) is 38.1. The Labute approximate surface area is 461 Å². The van der Waals surface area contributed by atoms with Crippen LogP contribution in [-0.2, 0) is 71.5 Å². The fourth-order valence-electron chi connectivity index (χ4n) is 7.88. The summed E-state index contributed by atoms with van der Waals surface area (Å²) in [5.74, 6) is -5.78. The quantitative estimate of drug-likeness (QED) is 0.0117. The van der Waals surface area contributed by atoms with Gasteiger partial charge in [0.25, 0.3) is 0 Å². The maximum absolute atomic E-state index is 13.5. The van der Waals surface area contributed by atoms with Crippen LogP contribution in [0, 0.1) is 12.3 Å². The molecule has 0 radical (unpaired) electrons. The number of aliphatic hydroxyl groups excluding tert-OH is 4. The zero-order valence-corrected chi connectivity index (χ0v) is 44.8. The molecule has 0 aromatic heterocycles. The minimum atomic E-state index is -1.74. The highest BCUT2D eigenvalue weighted by Gasteiger charge is 2.47. The van der Waals surface area contributed by atoms with Crippen molar-refractivity contribution in [3.05, 3.63) is 23.7 Å². The van der Waals surface area contributed by atoms with Crippen LogP contribution < -0.4 is 44.2 Å². The predicted molar refractivity (Wildman–Crippen MR) is 279 cm³/mol. The molecule has 0 spiro atoms. The molecule has 5 amide bonds. The van der Waals surface area contributed by atoms with E-state index < -0.39 is 146 Å². The van der Waals surface area contributed by atoms with E-state index in [0.29, 0.717) is 52.1 Å². The summed E-state index contributed by atoms with van der Waals surface area (Å²) in [5, 5.41) is 71.0. The fraction of sp³-hybridized carbons (Fsp3) is 0.688. The maximum Gasteiger partial charge on any atom is 0.370 e. The summed E-state index contributed by atoms with van der Waals surface area (Å²) >= 11 is 0. The molecule has 2 aliphatic rings. The monoisotopic (exact) mass is 1150 g/mol. The van der Waals surface area contributed by atoms with Crippen molar-refractivity contribution in [1.82, 2.24) is 26.2 Å². The van der Waals surface area contributed by atoms with E-state index >= 15 is 0 Å². The third kappa shape index (κ3) is 26.8. The molecule has 0 saturated carbocycles. The van der Waals surface area contributed by atoms with E-state index in [1.165, 1.54) is 0 Å². The van der Waals surface area contributed by atoms with E-state index in [2.05, 4.69) is 37.2 Å². The molecule has 2 rings (SSSR count). The van der Waals surface area contributed by atoms with Gasteiger partial charge in [-0.15, -0.1) is 6.42 Å². The molecule has 0 aliphatic carbocycles. The average molecular weight is 1150 g/mol. The third-order valence-electron chi connectivity index (χ3n) is 11.4. The van der Waals surface area contributed by atoms with Gasteiger partial charge in [0.2, 0.25) is 41.1 Å². The van der Waals surface area contributed by atoms with Gasteiger partial charge in [-0.1, -0.05) is 5.92 Å². The van der Waals surface area contributed by atoms with Gasteiger partial charge in [0.1, 0.15) is 44.2 Å². The standard InChI is InChI=1S/C48H79N11O21/c1-4-14-73-16-18-75-20-21-76-19-17-74-15-9-38(68)59(12-7-5-10-53-36(66)26-77-41(32(64)24-60)43-39(55-28(2)62)30(57-47(49)50)22-34(79-43)45(69)70)13-8-6-11-54-37(67)27-78-42(33(65)25-61)44-40(56-29(3)63)31(58-48(51)52)23-35(80-44)46(71)72/h1,22-23,30-33,39-44,60-61,64-65H,5-21,24-27H2,2-3H3,(H,53,66)(H,54,67)(H,55,62)(H,56,63)(H,69,70)(H,71,72)(H4,49,50,57)(H4,51,52,58)/t30-,31-,32+,33+,39+,40+,41+,42+,43+,44+/m0/s1. The second kappa shape index (κ2) is 38.6. The molecule has 10 atom stereocenters. The van der Waals surface area contributed by atoms with Gasteiger partial charge >= 0.3 is 11.9 Å². The van der Waals surface area contributed by atoms with Crippen LogP contribution in [0.2, 0.25) is 0 Å². The van der Waals surface area contributed by atoms with E-state index in [-0.39, 0.29) is 64.9 Å². The fourth-order valence-corrected chi connectivity index (χ4v) is 7.88. The molecule has 32 nitrogen and oxygen atoms in total. The van der Waals surface area contributed by atoms with Gasteiger partial charge in [0, 0.05) is 40.0 Å². The second-order valence-electron chi connectivity index (χ2n) is 17.8. The lowest BCUT2D eigenvalue weighted by Gasteiger charge is -2.40. The molecular formula is C48H79N11O21. The number of ether oxygens (including phenoxy) is 8. The molecule has 2 aliphatic heterocycles. The Morgan fingerprint density at radius 3 is 1.39 bits per heavy atom. The number of nitrogens with two attached hydrogens (primary N) is 4. The number of carboxylic acid groups (broad SMARTS) is 2. The lowest BCUT2D eigenvalue weighted by atomic mass is 9.92. The normalized spacial score (nSPS) is 20.0. The number of hydrogen-bond donors (Lipinski definition) is 14. The first kappa shape index (κ1) is 69.2. The number of nitrogens with one attached hydrogen (secondary N) is 4. The number of terminal acetylenes is 1. The van der Waals surface area contributed by atoms with E-state index in [0.717, 1.165) is 26.0 Å². The number of carbonyl (C=O) groups is 7. The molecule has 452 valence electrons. The molecular weight excluding hydrogens is 1070 g/mol. The van der Waals surface area contributed by atoms with Crippen LogP contribution >= 0.6 is 0 Å². The minimum Gasteiger partial charge on any atom is -0.478 e. The molecule has 0 aromatic rings. The Bertz CT molecular complexity index is 2020. The van der Waals surface area contributed by atoms with Gasteiger partial charge < -0.3 is 118 Å². The number of aliphatic carboxylic acids is 2. The van der Waals surface area contributed by atoms with Crippen molar-refractivity contribution in [1.29, 1.82) is 0 Å². The first-order valence-electron chi connectivity index (χ1n) is 25.5. The summed E-state index contributed by atoms with van der Waals surface area (Å²) in [6.45, 7) is 1.79. The van der Waals surface area contributed by atoms with E-state index in [1.807, 2.05) is 0 Å². The molecule has 0 aromatic carbocycles. The molecule has 80 heavy (non-hydrogen) atoms. The number of carboxylic acids is 2. The highest BCUT2D eigenvalue weighted by molar-refractivity contribution is 5.86. The number of aliphatic imine (C=N–C) groups is 2. The van der Waals surface area contributed by atoms with Crippen LogP contribution in [0.4, 0.5) is 0 Å².